The number of nitrogens with zero attached hydrogens (tertiary/aromatic N) is 5. The van der Waals surface area contributed by atoms with Gasteiger partial charge in [0.1, 0.15) is 36.3 Å². The molecule has 0 radical (unpaired) electrons. The summed E-state index contributed by atoms with van der Waals surface area (Å²) in [5, 5.41) is 7.45. The van der Waals surface area contributed by atoms with Crippen molar-refractivity contribution in [3.8, 4) is 11.5 Å². The summed E-state index contributed by atoms with van der Waals surface area (Å²) in [4.78, 5) is 43.0. The van der Waals surface area contributed by atoms with Crippen molar-refractivity contribution in [3.63, 3.8) is 0 Å². The molecule has 2 aliphatic rings. The summed E-state index contributed by atoms with van der Waals surface area (Å²) >= 11 is 6.58. The summed E-state index contributed by atoms with van der Waals surface area (Å²) in [7, 11) is 0. The number of pyridine rings is 1. The van der Waals surface area contributed by atoms with Crippen molar-refractivity contribution in [3.05, 3.63) is 84.4 Å². The molecule has 2 saturated heterocycles. The Hall–Kier alpha value is -4.78. The number of benzene rings is 2. The lowest BCUT2D eigenvalue weighted by Crippen LogP contribution is -2.42. The van der Waals surface area contributed by atoms with Crippen LogP contribution in [0.4, 0.5) is 17.2 Å². The number of likely N-dealkylation sites (tertiary alicyclic amines) is 1. The van der Waals surface area contributed by atoms with Crippen molar-refractivity contribution in [1.82, 2.24) is 24.8 Å². The standard InChI is InChI=1S/C35H38ClN7O5/c1-2-33(44)43-12-4-7-30(43)35(45)41-29-19-26-28(20-32(29)47-15-5-11-42-13-16-46-17-14-42)38-23-39-34(26)40-25-8-9-31(27(36)18-25)48-22-24-6-3-10-37-21-24/h2-3,6,8-10,18-21,23,30H,1,4-5,7,11-17,22H2,(H,41,45)(H,38,39,40)/t30-/m0/s1. The highest BCUT2D eigenvalue weighted by Gasteiger charge is 2.33. The molecule has 0 unspecified atom stereocenters. The molecule has 2 amide bonds. The van der Waals surface area contributed by atoms with Gasteiger partial charge >= 0.3 is 0 Å². The quantitative estimate of drug-likeness (QED) is 0.144. The number of morpholine rings is 1. The molecule has 6 rings (SSSR count). The number of fused-ring (bicyclic) bond motifs is 1. The minimum absolute atomic E-state index is 0.266. The number of rotatable bonds is 13. The molecule has 13 heteroatoms. The number of anilines is 3. The third-order valence-corrected chi connectivity index (χ3v) is 8.59. The number of carbonyl (C=O) groups is 2. The fourth-order valence-corrected chi connectivity index (χ4v) is 6.04. The Balaban J connectivity index is 1.22. The van der Waals surface area contributed by atoms with Crippen molar-refractivity contribution >= 4 is 51.5 Å². The lowest BCUT2D eigenvalue weighted by Gasteiger charge is -2.26. The van der Waals surface area contributed by atoms with Gasteiger partial charge in [-0.25, -0.2) is 9.97 Å². The molecule has 0 bridgehead atoms. The molecule has 48 heavy (non-hydrogen) atoms. The first-order chi connectivity index (χ1) is 23.5. The van der Waals surface area contributed by atoms with Crippen LogP contribution in [0.15, 0.2) is 73.8 Å². The summed E-state index contributed by atoms with van der Waals surface area (Å²) in [6.07, 6.45) is 8.26. The maximum atomic E-state index is 13.6. The van der Waals surface area contributed by atoms with Gasteiger partial charge in [-0.05, 0) is 55.7 Å². The number of ether oxygens (including phenoxy) is 3. The van der Waals surface area contributed by atoms with E-state index in [9.17, 15) is 9.59 Å². The van der Waals surface area contributed by atoms with Gasteiger partial charge in [0.25, 0.3) is 0 Å². The van der Waals surface area contributed by atoms with Gasteiger partial charge in [-0.1, -0.05) is 24.2 Å². The molecular weight excluding hydrogens is 634 g/mol. The third-order valence-electron chi connectivity index (χ3n) is 8.30. The summed E-state index contributed by atoms with van der Waals surface area (Å²) in [6.45, 7) is 9.03. The van der Waals surface area contributed by atoms with E-state index in [1.54, 1.807) is 41.6 Å². The van der Waals surface area contributed by atoms with Crippen molar-refractivity contribution in [2.24, 2.45) is 0 Å². The summed E-state index contributed by atoms with van der Waals surface area (Å²) in [5.74, 6) is 0.979. The van der Waals surface area contributed by atoms with Crippen LogP contribution in [-0.2, 0) is 20.9 Å². The second-order valence-corrected chi connectivity index (χ2v) is 12.0. The lowest BCUT2D eigenvalue weighted by atomic mass is 10.1. The lowest BCUT2D eigenvalue weighted by molar-refractivity contribution is -0.132. The van der Waals surface area contributed by atoms with Gasteiger partial charge in [0.2, 0.25) is 11.8 Å². The van der Waals surface area contributed by atoms with Crippen LogP contribution in [0.3, 0.4) is 0 Å². The molecule has 2 aromatic carbocycles. The molecule has 4 aromatic rings. The predicted molar refractivity (Wildman–Crippen MR) is 184 cm³/mol. The third kappa shape index (κ3) is 8.19. The van der Waals surface area contributed by atoms with E-state index < -0.39 is 6.04 Å². The Morgan fingerprint density at radius 2 is 1.96 bits per heavy atom. The van der Waals surface area contributed by atoms with Crippen LogP contribution in [0, 0.1) is 0 Å². The maximum Gasteiger partial charge on any atom is 0.247 e. The maximum absolute atomic E-state index is 13.6. The molecule has 2 aromatic heterocycles. The molecule has 0 saturated carbocycles. The fraction of sp³-hybridized carbons (Fsp3) is 0.343. The van der Waals surface area contributed by atoms with Crippen molar-refractivity contribution in [1.29, 1.82) is 0 Å². The Morgan fingerprint density at radius 1 is 1.08 bits per heavy atom. The largest absolute Gasteiger partial charge is 0.491 e. The van der Waals surface area contributed by atoms with Crippen LogP contribution >= 0.6 is 11.6 Å². The molecule has 2 aliphatic heterocycles. The van der Waals surface area contributed by atoms with Crippen LogP contribution in [0.25, 0.3) is 10.9 Å². The number of nitrogens with one attached hydrogen (secondary N) is 2. The van der Waals surface area contributed by atoms with Gasteiger partial charge in [-0.2, -0.15) is 0 Å². The van der Waals surface area contributed by atoms with Gasteiger partial charge in [0.15, 0.2) is 0 Å². The topological polar surface area (TPSA) is 131 Å². The zero-order valence-corrected chi connectivity index (χ0v) is 27.3. The Labute approximate surface area is 284 Å². The highest BCUT2D eigenvalue weighted by atomic mass is 35.5. The minimum Gasteiger partial charge on any atom is -0.491 e. The number of amides is 2. The van der Waals surface area contributed by atoms with E-state index in [0.29, 0.717) is 70.8 Å². The Kier molecular flexibility index (Phi) is 11.0. The zero-order valence-electron chi connectivity index (χ0n) is 26.6. The first-order valence-electron chi connectivity index (χ1n) is 16.0. The number of aromatic nitrogens is 3. The molecule has 4 heterocycles. The smallest absolute Gasteiger partial charge is 0.247 e. The van der Waals surface area contributed by atoms with Crippen molar-refractivity contribution in [2.75, 3.05) is 56.6 Å². The van der Waals surface area contributed by atoms with Gasteiger partial charge in [0, 0.05) is 61.3 Å². The SMILES string of the molecule is C=CC(=O)N1CCC[C@H]1C(=O)Nc1cc2c(Nc3ccc(OCc4cccnc4)c(Cl)c3)ncnc2cc1OCCCN1CCOCC1. The molecule has 0 aliphatic carbocycles. The number of halogens is 1. The number of hydrogen-bond acceptors (Lipinski definition) is 10. The fourth-order valence-electron chi connectivity index (χ4n) is 5.81. The van der Waals surface area contributed by atoms with E-state index >= 15 is 0 Å². The average Bonchev–Trinajstić information content (AvgIpc) is 3.61. The van der Waals surface area contributed by atoms with Crippen molar-refractivity contribution in [2.45, 2.75) is 31.9 Å². The van der Waals surface area contributed by atoms with Crippen LogP contribution < -0.4 is 20.1 Å². The van der Waals surface area contributed by atoms with Crippen molar-refractivity contribution < 1.29 is 23.8 Å². The van der Waals surface area contributed by atoms with E-state index in [4.69, 9.17) is 25.8 Å². The highest BCUT2D eigenvalue weighted by molar-refractivity contribution is 6.32. The molecule has 0 spiro atoms. The minimum atomic E-state index is -0.606. The first kappa shape index (κ1) is 33.1. The van der Waals surface area contributed by atoms with Crippen LogP contribution in [-0.4, -0.2) is 88.6 Å². The van der Waals surface area contributed by atoms with E-state index in [1.807, 2.05) is 18.2 Å². The molecule has 12 nitrogen and oxygen atoms in total. The Bertz CT molecular complexity index is 1750. The molecule has 2 fully saturated rings. The highest BCUT2D eigenvalue weighted by Crippen LogP contribution is 2.35. The Morgan fingerprint density at radius 3 is 2.75 bits per heavy atom. The second kappa shape index (κ2) is 15.9. The van der Waals surface area contributed by atoms with Crippen LogP contribution in [0.5, 0.6) is 11.5 Å². The monoisotopic (exact) mass is 671 g/mol. The normalized spacial score (nSPS) is 16.4. The van der Waals surface area contributed by atoms with E-state index in [1.165, 1.54) is 12.4 Å². The zero-order chi connectivity index (χ0) is 33.3. The van der Waals surface area contributed by atoms with E-state index in [2.05, 4.69) is 37.1 Å². The van der Waals surface area contributed by atoms with Gasteiger partial charge in [-0.15, -0.1) is 0 Å². The predicted octanol–water partition coefficient (Wildman–Crippen LogP) is 5.22. The number of hydrogen-bond donors (Lipinski definition) is 2. The second-order valence-electron chi connectivity index (χ2n) is 11.5. The molecule has 2 N–H and O–H groups in total. The van der Waals surface area contributed by atoms with Gasteiger partial charge < -0.3 is 29.7 Å². The van der Waals surface area contributed by atoms with Crippen LogP contribution in [0.2, 0.25) is 5.02 Å². The number of carbonyl (C=O) groups excluding carboxylic acids is 2. The van der Waals surface area contributed by atoms with Gasteiger partial charge in [-0.3, -0.25) is 19.5 Å². The molecule has 1 atom stereocenters. The van der Waals surface area contributed by atoms with Crippen LogP contribution in [0.1, 0.15) is 24.8 Å². The first-order valence-corrected chi connectivity index (χ1v) is 16.4. The summed E-state index contributed by atoms with van der Waals surface area (Å²) < 4.78 is 17.6. The van der Waals surface area contributed by atoms with E-state index in [0.717, 1.165) is 51.3 Å². The molecular formula is C35H38ClN7O5. The summed E-state index contributed by atoms with van der Waals surface area (Å²) in [6, 6.07) is 12.2. The average molecular weight is 672 g/mol. The van der Waals surface area contributed by atoms with Gasteiger partial charge in [0.05, 0.1) is 36.0 Å². The molecule has 250 valence electrons. The van der Waals surface area contributed by atoms with E-state index in [-0.39, 0.29) is 11.8 Å². The summed E-state index contributed by atoms with van der Waals surface area (Å²) in [5.41, 5.74) is 2.71.